The summed E-state index contributed by atoms with van der Waals surface area (Å²) in [6.07, 6.45) is 6.49. The maximum Gasteiger partial charge on any atom is 0.204 e. The Morgan fingerprint density at radius 3 is 2.22 bits per heavy atom. The third-order valence-corrected chi connectivity index (χ3v) is 4.22. The zero-order chi connectivity index (χ0) is 13.0. The lowest BCUT2D eigenvalue weighted by atomic mass is 9.83. The van der Waals surface area contributed by atoms with Crippen molar-refractivity contribution in [1.29, 1.82) is 0 Å². The first-order valence-corrected chi connectivity index (χ1v) is 7.42. The van der Waals surface area contributed by atoms with Gasteiger partial charge in [0.2, 0.25) is 16.2 Å². The Morgan fingerprint density at radius 2 is 1.67 bits per heavy atom. The van der Waals surface area contributed by atoms with Gasteiger partial charge in [0.25, 0.3) is 0 Å². The molecular weight excluding hydrogens is 244 g/mol. The Bertz CT molecular complexity index is 400. The number of hydrogen-bond donors (Lipinski definition) is 0. The molecule has 100 valence electrons. The van der Waals surface area contributed by atoms with Crippen molar-refractivity contribution in [2.45, 2.75) is 38.0 Å². The van der Waals surface area contributed by atoms with Crippen LogP contribution in [0, 0.1) is 0 Å². The summed E-state index contributed by atoms with van der Waals surface area (Å²) in [6.45, 7) is 0. The zero-order valence-corrected chi connectivity index (χ0v) is 13.5. The molecule has 0 unspecified atom stereocenters. The van der Waals surface area contributed by atoms with E-state index in [1.807, 2.05) is 6.07 Å². The Labute approximate surface area is 112 Å². The first kappa shape index (κ1) is 13.3. The summed E-state index contributed by atoms with van der Waals surface area (Å²) in [7, 11) is 4.04. The fourth-order valence-electron chi connectivity index (χ4n) is 2.86. The van der Waals surface area contributed by atoms with Gasteiger partial charge in [0, 0.05) is 5.56 Å². The molecule has 0 bridgehead atoms. The van der Waals surface area contributed by atoms with Crippen molar-refractivity contribution in [3.8, 4) is 17.2 Å². The molecule has 0 saturated heterocycles. The number of hydrogen-bond acceptors (Lipinski definition) is 3. The lowest BCUT2D eigenvalue weighted by Gasteiger charge is -2.25. The molecule has 0 radical (unpaired) electrons. The van der Waals surface area contributed by atoms with Crippen molar-refractivity contribution in [3.05, 3.63) is 17.7 Å². The van der Waals surface area contributed by atoms with Crippen molar-refractivity contribution < 1.29 is 13.9 Å². The van der Waals surface area contributed by atoms with E-state index in [0.29, 0.717) is 16.4 Å². The van der Waals surface area contributed by atoms with Crippen LogP contribution in [0.1, 0.15) is 43.6 Å². The molecule has 1 aromatic rings. The molecule has 0 spiro atoms. The molecule has 0 heterocycles. The van der Waals surface area contributed by atoms with E-state index < -0.39 is 0 Å². The SMILES string of the molecule is COc1c(O[SiH3])ccc(C2CCCCC2)c1OC. The molecule has 0 amide bonds. The molecule has 4 heteroatoms. The van der Waals surface area contributed by atoms with Gasteiger partial charge in [-0.3, -0.25) is 0 Å². The normalized spacial score (nSPS) is 16.6. The lowest BCUT2D eigenvalue weighted by molar-refractivity contribution is 0.334. The minimum Gasteiger partial charge on any atom is -0.551 e. The smallest absolute Gasteiger partial charge is 0.204 e. The molecule has 0 atom stereocenters. The minimum absolute atomic E-state index is 0.603. The Balaban J connectivity index is 2.40. The molecular formula is C14H22O3Si. The molecule has 2 rings (SSSR count). The monoisotopic (exact) mass is 266 g/mol. The minimum atomic E-state index is 0.603. The summed E-state index contributed by atoms with van der Waals surface area (Å²) in [5, 5.41) is 0. The van der Waals surface area contributed by atoms with Gasteiger partial charge in [-0.1, -0.05) is 25.3 Å². The first-order chi connectivity index (χ1) is 8.81. The molecule has 0 aliphatic heterocycles. The number of ether oxygens (including phenoxy) is 2. The summed E-state index contributed by atoms with van der Waals surface area (Å²) in [5.41, 5.74) is 1.27. The third-order valence-electron chi connectivity index (χ3n) is 3.78. The van der Waals surface area contributed by atoms with Gasteiger partial charge in [0.15, 0.2) is 5.75 Å². The topological polar surface area (TPSA) is 27.7 Å². The molecule has 1 aliphatic rings. The van der Waals surface area contributed by atoms with Gasteiger partial charge in [-0.05, 0) is 24.8 Å². The van der Waals surface area contributed by atoms with Crippen LogP contribution in [0.3, 0.4) is 0 Å². The molecule has 1 saturated carbocycles. The zero-order valence-electron chi connectivity index (χ0n) is 11.5. The molecule has 1 aliphatic carbocycles. The Kier molecular flexibility index (Phi) is 4.52. The van der Waals surface area contributed by atoms with E-state index in [4.69, 9.17) is 13.9 Å². The van der Waals surface area contributed by atoms with Crippen LogP contribution < -0.4 is 13.9 Å². The summed E-state index contributed by atoms with van der Waals surface area (Å²) >= 11 is 0. The molecule has 3 nitrogen and oxygen atoms in total. The highest BCUT2D eigenvalue weighted by atomic mass is 28.2. The van der Waals surface area contributed by atoms with Crippen molar-refractivity contribution in [3.63, 3.8) is 0 Å². The van der Waals surface area contributed by atoms with Gasteiger partial charge < -0.3 is 13.9 Å². The van der Waals surface area contributed by atoms with Crippen LogP contribution in [0.4, 0.5) is 0 Å². The van der Waals surface area contributed by atoms with Crippen molar-refractivity contribution in [1.82, 2.24) is 0 Å². The maximum absolute atomic E-state index is 5.57. The second kappa shape index (κ2) is 6.14. The predicted octanol–water partition coefficient (Wildman–Crippen LogP) is 2.41. The van der Waals surface area contributed by atoms with E-state index in [1.54, 1.807) is 14.2 Å². The van der Waals surface area contributed by atoms with Gasteiger partial charge in [0.05, 0.1) is 14.2 Å². The van der Waals surface area contributed by atoms with Crippen LogP contribution in [0.5, 0.6) is 17.2 Å². The van der Waals surface area contributed by atoms with Gasteiger partial charge in [-0.2, -0.15) is 0 Å². The summed E-state index contributed by atoms with van der Waals surface area (Å²) < 4.78 is 16.5. The van der Waals surface area contributed by atoms with Crippen molar-refractivity contribution in [2.75, 3.05) is 14.2 Å². The average Bonchev–Trinajstić information content (AvgIpc) is 2.46. The van der Waals surface area contributed by atoms with Crippen LogP contribution in [-0.4, -0.2) is 24.7 Å². The number of benzene rings is 1. The van der Waals surface area contributed by atoms with E-state index in [1.165, 1.54) is 37.7 Å². The molecule has 1 fully saturated rings. The fourth-order valence-corrected chi connectivity index (χ4v) is 3.18. The van der Waals surface area contributed by atoms with Crippen LogP contribution in [0.25, 0.3) is 0 Å². The Morgan fingerprint density at radius 1 is 1.00 bits per heavy atom. The highest BCUT2D eigenvalue weighted by Gasteiger charge is 2.23. The number of methoxy groups -OCH3 is 2. The largest absolute Gasteiger partial charge is 0.551 e. The number of rotatable bonds is 4. The summed E-state index contributed by atoms with van der Waals surface area (Å²) in [5.74, 6) is 3.00. The summed E-state index contributed by atoms with van der Waals surface area (Å²) in [4.78, 5) is 0. The van der Waals surface area contributed by atoms with E-state index >= 15 is 0 Å². The van der Waals surface area contributed by atoms with E-state index in [0.717, 1.165) is 17.2 Å². The highest BCUT2D eigenvalue weighted by molar-refractivity contribution is 6.00. The predicted molar refractivity (Wildman–Crippen MR) is 75.9 cm³/mol. The van der Waals surface area contributed by atoms with E-state index in [-0.39, 0.29) is 0 Å². The summed E-state index contributed by atoms with van der Waals surface area (Å²) in [6, 6.07) is 4.16. The fraction of sp³-hybridized carbons (Fsp3) is 0.571. The standard InChI is InChI=1S/C14H22O3Si/c1-15-13-11(10-6-4-3-5-7-10)8-9-12(17-18)14(13)16-2/h8-10H,3-7H2,1-2,18H3. The first-order valence-electron chi connectivity index (χ1n) is 6.60. The molecule has 1 aromatic carbocycles. The van der Waals surface area contributed by atoms with Gasteiger partial charge in [-0.15, -0.1) is 0 Å². The lowest BCUT2D eigenvalue weighted by Crippen LogP contribution is -2.07. The second-order valence-corrected chi connectivity index (χ2v) is 5.17. The van der Waals surface area contributed by atoms with E-state index in [2.05, 4.69) is 6.07 Å². The maximum atomic E-state index is 5.57. The van der Waals surface area contributed by atoms with E-state index in [9.17, 15) is 0 Å². The van der Waals surface area contributed by atoms with Crippen LogP contribution in [0.15, 0.2) is 12.1 Å². The molecule has 0 aromatic heterocycles. The van der Waals surface area contributed by atoms with Crippen molar-refractivity contribution in [2.24, 2.45) is 0 Å². The molecule has 18 heavy (non-hydrogen) atoms. The highest BCUT2D eigenvalue weighted by Crippen LogP contribution is 2.45. The van der Waals surface area contributed by atoms with Crippen LogP contribution in [-0.2, 0) is 0 Å². The van der Waals surface area contributed by atoms with Crippen LogP contribution in [0.2, 0.25) is 0 Å². The molecule has 0 N–H and O–H groups in total. The van der Waals surface area contributed by atoms with Crippen LogP contribution >= 0.6 is 0 Å². The van der Waals surface area contributed by atoms with Gasteiger partial charge in [0.1, 0.15) is 5.75 Å². The quantitative estimate of drug-likeness (QED) is 0.783. The van der Waals surface area contributed by atoms with Crippen molar-refractivity contribution >= 4 is 10.5 Å². The third kappa shape index (κ3) is 2.48. The van der Waals surface area contributed by atoms with Gasteiger partial charge >= 0.3 is 0 Å². The second-order valence-electron chi connectivity index (χ2n) is 4.76. The average molecular weight is 266 g/mol. The Hall–Kier alpha value is -1.16. The van der Waals surface area contributed by atoms with Gasteiger partial charge in [-0.25, -0.2) is 0 Å².